The Bertz CT molecular complexity index is 819. The molecule has 0 fully saturated rings. The molecule has 2 N–H and O–H groups in total. The number of nitrogens with zero attached hydrogens (tertiary/aromatic N) is 3. The molecule has 0 aliphatic carbocycles. The largest absolute Gasteiger partial charge is 0.352 e. The lowest BCUT2D eigenvalue weighted by Gasteiger charge is -2.23. The molecule has 0 saturated heterocycles. The third-order valence-corrected chi connectivity index (χ3v) is 4.30. The quantitative estimate of drug-likeness (QED) is 0.773. The van der Waals surface area contributed by atoms with E-state index in [9.17, 15) is 4.79 Å². The molecular formula is C16H17N5O. The van der Waals surface area contributed by atoms with Crippen LogP contribution in [0.4, 0.5) is 0 Å². The molecule has 0 bridgehead atoms. The molecular weight excluding hydrogens is 278 g/mol. The number of aromatic nitrogens is 4. The van der Waals surface area contributed by atoms with Crippen molar-refractivity contribution in [1.29, 1.82) is 0 Å². The highest BCUT2D eigenvalue weighted by Gasteiger charge is 2.19. The van der Waals surface area contributed by atoms with Gasteiger partial charge in [0, 0.05) is 42.9 Å². The third kappa shape index (κ3) is 2.36. The van der Waals surface area contributed by atoms with Crippen molar-refractivity contribution in [3.05, 3.63) is 48.2 Å². The van der Waals surface area contributed by atoms with Gasteiger partial charge in [-0.15, -0.1) is 0 Å². The zero-order chi connectivity index (χ0) is 14.9. The predicted octanol–water partition coefficient (Wildman–Crippen LogP) is 1.75. The zero-order valence-corrected chi connectivity index (χ0v) is 12.1. The van der Waals surface area contributed by atoms with Crippen molar-refractivity contribution in [1.82, 2.24) is 25.1 Å². The van der Waals surface area contributed by atoms with Crippen molar-refractivity contribution < 1.29 is 4.79 Å². The first-order chi connectivity index (χ1) is 10.8. The highest BCUT2D eigenvalue weighted by atomic mass is 16.1. The van der Waals surface area contributed by atoms with Gasteiger partial charge in [0.1, 0.15) is 5.82 Å². The average molecular weight is 295 g/mol. The number of rotatable bonds is 3. The third-order valence-electron chi connectivity index (χ3n) is 4.30. The first-order valence-corrected chi connectivity index (χ1v) is 7.51. The number of amides is 1. The van der Waals surface area contributed by atoms with Crippen LogP contribution in [0.15, 0.2) is 36.8 Å². The van der Waals surface area contributed by atoms with E-state index in [4.69, 9.17) is 0 Å². The van der Waals surface area contributed by atoms with E-state index in [0.717, 1.165) is 36.1 Å². The summed E-state index contributed by atoms with van der Waals surface area (Å²) in [6.07, 6.45) is 7.59. The normalized spacial score (nSPS) is 17.4. The van der Waals surface area contributed by atoms with Crippen LogP contribution in [-0.2, 0) is 13.0 Å². The molecule has 1 amide bonds. The molecule has 0 saturated carbocycles. The number of fused-ring (bicyclic) bond motifs is 2. The van der Waals surface area contributed by atoms with Crippen molar-refractivity contribution in [3.63, 3.8) is 0 Å². The van der Waals surface area contributed by atoms with Gasteiger partial charge in [0.05, 0.1) is 11.7 Å². The number of nitrogens with one attached hydrogen (secondary N) is 2. The summed E-state index contributed by atoms with van der Waals surface area (Å²) < 4.78 is 2.19. The lowest BCUT2D eigenvalue weighted by Crippen LogP contribution is -2.33. The average Bonchev–Trinajstić information content (AvgIpc) is 3.19. The summed E-state index contributed by atoms with van der Waals surface area (Å²) in [6.45, 7) is 1.67. The smallest absolute Gasteiger partial charge is 0.251 e. The Morgan fingerprint density at radius 2 is 2.41 bits per heavy atom. The van der Waals surface area contributed by atoms with Crippen molar-refractivity contribution in [3.8, 4) is 0 Å². The minimum atomic E-state index is -0.0305. The summed E-state index contributed by atoms with van der Waals surface area (Å²) in [5, 5.41) is 10.8. The predicted molar refractivity (Wildman–Crippen MR) is 82.5 cm³/mol. The number of hydrogen-bond donors (Lipinski definition) is 2. The Hall–Kier alpha value is -2.63. The summed E-state index contributed by atoms with van der Waals surface area (Å²) in [7, 11) is 0. The Morgan fingerprint density at radius 3 is 3.36 bits per heavy atom. The number of aromatic amines is 1. The van der Waals surface area contributed by atoms with E-state index < -0.39 is 0 Å². The molecule has 0 radical (unpaired) electrons. The molecule has 1 aromatic carbocycles. The van der Waals surface area contributed by atoms with Crippen LogP contribution in [0.25, 0.3) is 10.9 Å². The molecule has 2 aromatic heterocycles. The molecule has 3 heterocycles. The van der Waals surface area contributed by atoms with Gasteiger partial charge >= 0.3 is 0 Å². The van der Waals surface area contributed by atoms with Gasteiger partial charge in [0.25, 0.3) is 5.91 Å². The van der Waals surface area contributed by atoms with E-state index in [1.165, 1.54) is 0 Å². The fourth-order valence-electron chi connectivity index (χ4n) is 3.01. The first kappa shape index (κ1) is 13.1. The molecule has 6 heteroatoms. The minimum absolute atomic E-state index is 0.0305. The van der Waals surface area contributed by atoms with Gasteiger partial charge < -0.3 is 9.88 Å². The molecule has 3 aromatic rings. The monoisotopic (exact) mass is 295 g/mol. The highest BCUT2D eigenvalue weighted by Crippen LogP contribution is 2.18. The Balaban J connectivity index is 1.40. The van der Waals surface area contributed by atoms with Gasteiger partial charge in [0.15, 0.2) is 0 Å². The van der Waals surface area contributed by atoms with Crippen LogP contribution in [0, 0.1) is 5.92 Å². The lowest BCUT2D eigenvalue weighted by molar-refractivity contribution is 0.0944. The maximum atomic E-state index is 12.3. The molecule has 0 unspecified atom stereocenters. The van der Waals surface area contributed by atoms with E-state index in [-0.39, 0.29) is 5.91 Å². The lowest BCUT2D eigenvalue weighted by atomic mass is 9.97. The van der Waals surface area contributed by atoms with Crippen LogP contribution >= 0.6 is 0 Å². The van der Waals surface area contributed by atoms with Gasteiger partial charge in [-0.3, -0.25) is 9.89 Å². The maximum absolute atomic E-state index is 12.3. The molecule has 1 atom stereocenters. The number of H-pyrrole nitrogens is 1. The molecule has 4 rings (SSSR count). The molecule has 6 nitrogen and oxygen atoms in total. The van der Waals surface area contributed by atoms with Crippen LogP contribution in [0.5, 0.6) is 0 Å². The van der Waals surface area contributed by atoms with Crippen LogP contribution in [0.3, 0.4) is 0 Å². The van der Waals surface area contributed by atoms with E-state index in [2.05, 4.69) is 25.1 Å². The standard InChI is InChI=1S/C16H17N5O/c22-16(12-1-2-14-13(8-12)10-19-20-14)18-9-11-3-5-21-6-4-17-15(21)7-11/h1-2,4,6,8,10-11H,3,5,7,9H2,(H,18,22)(H,19,20)/t11-/m0/s1. The highest BCUT2D eigenvalue weighted by molar-refractivity contribution is 5.97. The van der Waals surface area contributed by atoms with E-state index in [0.29, 0.717) is 18.0 Å². The summed E-state index contributed by atoms with van der Waals surface area (Å²) in [4.78, 5) is 16.6. The second-order valence-corrected chi connectivity index (χ2v) is 5.78. The number of imidazole rings is 1. The van der Waals surface area contributed by atoms with Crippen LogP contribution in [-0.4, -0.2) is 32.2 Å². The summed E-state index contributed by atoms with van der Waals surface area (Å²) in [5.41, 5.74) is 1.61. The summed E-state index contributed by atoms with van der Waals surface area (Å²) >= 11 is 0. The minimum Gasteiger partial charge on any atom is -0.352 e. The number of carbonyl (C=O) groups excluding carboxylic acids is 1. The topological polar surface area (TPSA) is 75.6 Å². The summed E-state index contributed by atoms with van der Waals surface area (Å²) in [5.74, 6) is 1.54. The fourth-order valence-corrected chi connectivity index (χ4v) is 3.01. The Kier molecular flexibility index (Phi) is 3.14. The van der Waals surface area contributed by atoms with Gasteiger partial charge in [-0.25, -0.2) is 4.98 Å². The second kappa shape index (κ2) is 5.29. The van der Waals surface area contributed by atoms with Gasteiger partial charge in [-0.1, -0.05) is 0 Å². The zero-order valence-electron chi connectivity index (χ0n) is 12.1. The van der Waals surface area contributed by atoms with Crippen molar-refractivity contribution in [2.75, 3.05) is 6.54 Å². The van der Waals surface area contributed by atoms with Crippen molar-refractivity contribution in [2.24, 2.45) is 5.92 Å². The number of benzene rings is 1. The summed E-state index contributed by atoms with van der Waals surface area (Å²) in [6, 6.07) is 5.57. The van der Waals surface area contributed by atoms with Gasteiger partial charge in [-0.2, -0.15) is 5.10 Å². The van der Waals surface area contributed by atoms with Crippen molar-refractivity contribution in [2.45, 2.75) is 19.4 Å². The second-order valence-electron chi connectivity index (χ2n) is 5.78. The van der Waals surface area contributed by atoms with Gasteiger partial charge in [0.2, 0.25) is 0 Å². The fraction of sp³-hybridized carbons (Fsp3) is 0.312. The van der Waals surface area contributed by atoms with E-state index in [1.54, 1.807) is 6.20 Å². The number of hydrogen-bond acceptors (Lipinski definition) is 3. The van der Waals surface area contributed by atoms with Crippen LogP contribution < -0.4 is 5.32 Å². The maximum Gasteiger partial charge on any atom is 0.251 e. The van der Waals surface area contributed by atoms with Crippen molar-refractivity contribution >= 4 is 16.8 Å². The molecule has 22 heavy (non-hydrogen) atoms. The van der Waals surface area contributed by atoms with Crippen LogP contribution in [0.1, 0.15) is 22.6 Å². The van der Waals surface area contributed by atoms with Crippen LogP contribution in [0.2, 0.25) is 0 Å². The first-order valence-electron chi connectivity index (χ1n) is 7.51. The SMILES string of the molecule is O=C(NC[C@H]1CCn2ccnc2C1)c1ccc2[nH]ncc2c1. The Labute approximate surface area is 127 Å². The van der Waals surface area contributed by atoms with E-state index >= 15 is 0 Å². The molecule has 1 aliphatic heterocycles. The van der Waals surface area contributed by atoms with E-state index in [1.807, 2.05) is 30.6 Å². The number of carbonyl (C=O) groups is 1. The molecule has 112 valence electrons. The molecule has 0 spiro atoms. The Morgan fingerprint density at radius 1 is 1.45 bits per heavy atom. The van der Waals surface area contributed by atoms with Gasteiger partial charge in [-0.05, 0) is 30.5 Å². The molecule has 1 aliphatic rings. The number of aryl methyl sites for hydroxylation is 1.